The molecule has 12 rings (SSSR count). The third-order valence-electron chi connectivity index (χ3n) is 11.6. The molecule has 5 heteroatoms. The van der Waals surface area contributed by atoms with Gasteiger partial charge in [0.05, 0.1) is 39.1 Å². The van der Waals surface area contributed by atoms with Crippen molar-refractivity contribution in [3.63, 3.8) is 0 Å². The van der Waals surface area contributed by atoms with Crippen LogP contribution in [0.1, 0.15) is 36.2 Å². The zero-order chi connectivity index (χ0) is 36.0. The van der Waals surface area contributed by atoms with Gasteiger partial charge < -0.3 is 13.6 Å². The zero-order valence-corrected chi connectivity index (χ0v) is 30.0. The minimum atomic E-state index is 0.744. The highest BCUT2D eigenvalue weighted by Gasteiger charge is 2.25. The maximum atomic E-state index is 7.00. The Labute approximate surface area is 316 Å². The van der Waals surface area contributed by atoms with Crippen LogP contribution in [0.4, 0.5) is 0 Å². The molecule has 260 valence electrons. The first-order chi connectivity index (χ1) is 27.3. The maximum absolute atomic E-state index is 7.00. The Morgan fingerprint density at radius 1 is 0.545 bits per heavy atom. The van der Waals surface area contributed by atoms with Gasteiger partial charge in [-0.3, -0.25) is 0 Å². The van der Waals surface area contributed by atoms with Gasteiger partial charge in [0.25, 0.3) is 0 Å². The fourth-order valence-electron chi connectivity index (χ4n) is 9.22. The van der Waals surface area contributed by atoms with Gasteiger partial charge in [-0.2, -0.15) is 0 Å². The Hall–Kier alpha value is -6.98. The smallest absolute Gasteiger partial charge is 0.160 e. The number of fused-ring (bicyclic) bond motifs is 11. The summed E-state index contributed by atoms with van der Waals surface area (Å²) in [6.45, 7) is 0. The molecule has 6 aromatic carbocycles. The molecule has 0 unspecified atom stereocenters. The van der Waals surface area contributed by atoms with Crippen LogP contribution in [-0.2, 0) is 6.42 Å². The highest BCUT2D eigenvalue weighted by atomic mass is 16.3. The van der Waals surface area contributed by atoms with E-state index in [9.17, 15) is 0 Å². The largest absolute Gasteiger partial charge is 0.454 e. The lowest BCUT2D eigenvalue weighted by Gasteiger charge is -2.17. The molecule has 0 fully saturated rings. The van der Waals surface area contributed by atoms with Crippen LogP contribution in [0.3, 0.4) is 0 Å². The van der Waals surface area contributed by atoms with E-state index in [1.165, 1.54) is 38.2 Å². The molecule has 0 saturated carbocycles. The SMILES string of the molecule is C1=CC(c2nc(-c3cccc4oc5c(-n6c7ccccc7c7ccc8c9ccccc9n(-c9ccccc9)c8c76)cccc5c34)nc3c2C=CCC3)=CCC1. The summed E-state index contributed by atoms with van der Waals surface area (Å²) in [6, 6.07) is 45.7. The molecule has 0 amide bonds. The fourth-order valence-corrected chi connectivity index (χ4v) is 9.22. The Morgan fingerprint density at radius 2 is 1.25 bits per heavy atom. The number of rotatable bonds is 4. The lowest BCUT2D eigenvalue weighted by atomic mass is 9.94. The summed E-state index contributed by atoms with van der Waals surface area (Å²) in [4.78, 5) is 10.6. The van der Waals surface area contributed by atoms with Crippen LogP contribution < -0.4 is 0 Å². The Morgan fingerprint density at radius 3 is 2.05 bits per heavy atom. The predicted octanol–water partition coefficient (Wildman–Crippen LogP) is 12.9. The summed E-state index contributed by atoms with van der Waals surface area (Å²) in [5.74, 6) is 0.744. The lowest BCUT2D eigenvalue weighted by Crippen LogP contribution is -2.07. The van der Waals surface area contributed by atoms with Gasteiger partial charge in [-0.25, -0.2) is 9.97 Å². The van der Waals surface area contributed by atoms with Gasteiger partial charge in [-0.15, -0.1) is 0 Å². The van der Waals surface area contributed by atoms with Crippen molar-refractivity contribution in [2.75, 3.05) is 0 Å². The van der Waals surface area contributed by atoms with Crippen LogP contribution in [0, 0.1) is 0 Å². The summed E-state index contributed by atoms with van der Waals surface area (Å²) in [6.07, 6.45) is 15.2. The quantitative estimate of drug-likeness (QED) is 0.183. The third-order valence-corrected chi connectivity index (χ3v) is 11.6. The first-order valence-corrected chi connectivity index (χ1v) is 19.2. The standard InChI is InChI=1S/C50H34N4O/c1-3-15-31(16-4-1)46-37-21-7-10-24-40(37)51-50(52-46)39-23-14-28-44-45(39)38-22-13-27-43(49(38)55-44)54-42-26-12-9-20-34(42)36-30-29-35-33-19-8-11-25-41(33)53(47(35)48(36)54)32-17-5-2-6-18-32/h2-3,5-9,11-23,25-30H,1,4,10,24H2. The van der Waals surface area contributed by atoms with Crippen molar-refractivity contribution in [2.45, 2.75) is 25.7 Å². The van der Waals surface area contributed by atoms with Crippen molar-refractivity contribution in [2.24, 2.45) is 0 Å². The molecule has 5 nitrogen and oxygen atoms in total. The van der Waals surface area contributed by atoms with Crippen molar-refractivity contribution in [3.8, 4) is 22.8 Å². The Bertz CT molecular complexity index is 3320. The molecule has 0 bridgehead atoms. The van der Waals surface area contributed by atoms with Crippen molar-refractivity contribution in [1.82, 2.24) is 19.1 Å². The van der Waals surface area contributed by atoms with E-state index in [-0.39, 0.29) is 0 Å². The molecular weight excluding hydrogens is 673 g/mol. The first kappa shape index (κ1) is 30.5. The number of allylic oxidation sites excluding steroid dienone is 5. The number of para-hydroxylation sites is 4. The third kappa shape index (κ3) is 4.41. The molecule has 0 radical (unpaired) electrons. The van der Waals surface area contributed by atoms with Crippen LogP contribution in [0.25, 0.3) is 100.0 Å². The van der Waals surface area contributed by atoms with Gasteiger partial charge >= 0.3 is 0 Å². The number of furan rings is 1. The fraction of sp³-hybridized carbons (Fsp3) is 0.0800. The minimum Gasteiger partial charge on any atom is -0.454 e. The van der Waals surface area contributed by atoms with E-state index in [1.807, 2.05) is 0 Å². The summed E-state index contributed by atoms with van der Waals surface area (Å²) < 4.78 is 11.9. The maximum Gasteiger partial charge on any atom is 0.160 e. The molecule has 4 heterocycles. The number of nitrogens with zero attached hydrogens (tertiary/aromatic N) is 4. The monoisotopic (exact) mass is 706 g/mol. The number of hydrogen-bond acceptors (Lipinski definition) is 3. The molecule has 10 aromatic rings. The molecule has 4 aromatic heterocycles. The van der Waals surface area contributed by atoms with Crippen molar-refractivity contribution < 1.29 is 4.42 Å². The van der Waals surface area contributed by atoms with Crippen molar-refractivity contribution >= 4 is 77.2 Å². The van der Waals surface area contributed by atoms with Crippen LogP contribution in [0.15, 0.2) is 156 Å². The second-order valence-electron chi connectivity index (χ2n) is 14.7. The summed E-state index contributed by atoms with van der Waals surface area (Å²) in [7, 11) is 0. The summed E-state index contributed by atoms with van der Waals surface area (Å²) in [5.41, 5.74) is 13.8. The van der Waals surface area contributed by atoms with Gasteiger partial charge in [-0.1, -0.05) is 121 Å². The van der Waals surface area contributed by atoms with Crippen molar-refractivity contribution in [3.05, 3.63) is 169 Å². The molecule has 55 heavy (non-hydrogen) atoms. The van der Waals surface area contributed by atoms with Crippen LogP contribution in [0.5, 0.6) is 0 Å². The van der Waals surface area contributed by atoms with E-state index >= 15 is 0 Å². The van der Waals surface area contributed by atoms with Gasteiger partial charge in [-0.05, 0) is 67.7 Å². The summed E-state index contributed by atoms with van der Waals surface area (Å²) in [5, 5.41) is 6.93. The molecule has 0 aliphatic heterocycles. The second-order valence-corrected chi connectivity index (χ2v) is 14.7. The average molecular weight is 707 g/mol. The van der Waals surface area contributed by atoms with Gasteiger partial charge in [0, 0.05) is 49.1 Å². The van der Waals surface area contributed by atoms with E-state index in [1.54, 1.807) is 0 Å². The average Bonchev–Trinajstić information content (AvgIpc) is 3.92. The topological polar surface area (TPSA) is 48.8 Å². The number of aryl methyl sites for hydroxylation is 1. The highest BCUT2D eigenvalue weighted by molar-refractivity contribution is 6.24. The Kier molecular flexibility index (Phi) is 6.52. The second kappa shape index (κ2) is 11.8. The zero-order valence-electron chi connectivity index (χ0n) is 30.0. The highest BCUT2D eigenvalue weighted by Crippen LogP contribution is 2.45. The van der Waals surface area contributed by atoms with Gasteiger partial charge in [0.1, 0.15) is 5.58 Å². The summed E-state index contributed by atoms with van der Waals surface area (Å²) >= 11 is 0. The minimum absolute atomic E-state index is 0.744. The van der Waals surface area contributed by atoms with E-state index in [4.69, 9.17) is 14.4 Å². The van der Waals surface area contributed by atoms with Gasteiger partial charge in [0.2, 0.25) is 0 Å². The molecular formula is C50H34N4O. The van der Waals surface area contributed by atoms with E-state index in [0.29, 0.717) is 0 Å². The van der Waals surface area contributed by atoms with Gasteiger partial charge in [0.15, 0.2) is 11.4 Å². The molecule has 0 N–H and O–H groups in total. The molecule has 0 atom stereocenters. The Balaban J connectivity index is 1.17. The molecule has 0 saturated heterocycles. The predicted molar refractivity (Wildman–Crippen MR) is 227 cm³/mol. The molecule has 0 spiro atoms. The molecule has 2 aliphatic carbocycles. The number of hydrogen-bond donors (Lipinski definition) is 0. The van der Waals surface area contributed by atoms with Crippen molar-refractivity contribution in [1.29, 1.82) is 0 Å². The number of benzene rings is 6. The first-order valence-electron chi connectivity index (χ1n) is 19.2. The van der Waals surface area contributed by atoms with E-state index in [2.05, 4.69) is 167 Å². The normalized spacial score (nSPS) is 14.2. The van der Waals surface area contributed by atoms with Crippen LogP contribution >= 0.6 is 0 Å². The van der Waals surface area contributed by atoms with Crippen LogP contribution in [0.2, 0.25) is 0 Å². The van der Waals surface area contributed by atoms with E-state index < -0.39 is 0 Å². The van der Waals surface area contributed by atoms with E-state index in [0.717, 1.165) is 98.4 Å². The van der Waals surface area contributed by atoms with Crippen LogP contribution in [-0.4, -0.2) is 19.1 Å². The molecule has 2 aliphatic rings. The number of aromatic nitrogens is 4. The lowest BCUT2D eigenvalue weighted by molar-refractivity contribution is 0.666.